The van der Waals surface area contributed by atoms with E-state index in [1.807, 2.05) is 0 Å². The first kappa shape index (κ1) is 8.10. The van der Waals surface area contributed by atoms with Gasteiger partial charge in [-0.1, -0.05) is 0 Å². The van der Waals surface area contributed by atoms with E-state index in [0.717, 1.165) is 0 Å². The van der Waals surface area contributed by atoms with Gasteiger partial charge in [-0.2, -0.15) is 18.3 Å². The molecule has 0 N–H and O–H groups in total. The summed E-state index contributed by atoms with van der Waals surface area (Å²) in [6.07, 6.45) is 0.478. The van der Waals surface area contributed by atoms with E-state index in [0.29, 0.717) is 10.2 Å². The molecule has 0 saturated heterocycles. The average Bonchev–Trinajstić information content (AvgIpc) is 2.10. The number of aryl methyl sites for hydroxylation is 1. The van der Waals surface area contributed by atoms with E-state index in [1.165, 1.54) is 0 Å². The molecule has 1 aromatic rings. The largest absolute Gasteiger partial charge is 0.408 e. The molecule has 0 aromatic carbocycles. The minimum absolute atomic E-state index is 0.481. The smallest absolute Gasteiger partial charge is 0.253 e. The average molecular weight is 162 g/mol. The Morgan fingerprint density at radius 1 is 1.55 bits per heavy atom. The van der Waals surface area contributed by atoms with E-state index in [2.05, 4.69) is 17.5 Å². The van der Waals surface area contributed by atoms with Gasteiger partial charge in [0, 0.05) is 5.56 Å². The Bertz CT molecular complexity index is 238. The van der Waals surface area contributed by atoms with Crippen molar-refractivity contribution >= 4 is 0 Å². The molecule has 2 radical (unpaired) electrons. The van der Waals surface area contributed by atoms with Crippen molar-refractivity contribution in [1.29, 1.82) is 0 Å². The van der Waals surface area contributed by atoms with Crippen LogP contribution in [0.2, 0.25) is 0 Å². The van der Waals surface area contributed by atoms with E-state index < -0.39 is 12.7 Å². The van der Waals surface area contributed by atoms with Crippen LogP contribution >= 0.6 is 0 Å². The molecule has 5 heteroatoms. The van der Waals surface area contributed by atoms with Crippen molar-refractivity contribution in [2.24, 2.45) is 0 Å². The van der Waals surface area contributed by atoms with E-state index in [-0.39, 0.29) is 0 Å². The highest BCUT2D eigenvalue weighted by Gasteiger charge is 2.28. The lowest BCUT2D eigenvalue weighted by molar-refractivity contribution is -0.142. The van der Waals surface area contributed by atoms with Gasteiger partial charge >= 0.3 is 6.18 Å². The van der Waals surface area contributed by atoms with Gasteiger partial charge in [0.25, 0.3) is 0 Å². The Balaban J connectivity index is 2.65. The van der Waals surface area contributed by atoms with Crippen LogP contribution in [0.3, 0.4) is 0 Å². The summed E-state index contributed by atoms with van der Waals surface area (Å²) >= 11 is 0. The van der Waals surface area contributed by atoms with Crippen LogP contribution in [0.25, 0.3) is 0 Å². The molecule has 0 bridgehead atoms. The molecule has 1 heterocycles. The van der Waals surface area contributed by atoms with Crippen molar-refractivity contribution in [2.45, 2.75) is 19.6 Å². The van der Waals surface area contributed by atoms with Gasteiger partial charge in [-0.25, -0.2) is 0 Å². The second-order valence-electron chi connectivity index (χ2n) is 2.12. The zero-order chi connectivity index (χ0) is 8.48. The van der Waals surface area contributed by atoms with Crippen LogP contribution in [-0.4, -0.2) is 16.0 Å². The Morgan fingerprint density at radius 2 is 2.18 bits per heavy atom. The van der Waals surface area contributed by atoms with Gasteiger partial charge in [0.2, 0.25) is 0 Å². The first-order chi connectivity index (χ1) is 4.97. The molecule has 0 saturated carbocycles. The fourth-order valence-electron chi connectivity index (χ4n) is 0.624. The van der Waals surface area contributed by atoms with E-state index >= 15 is 0 Å². The van der Waals surface area contributed by atoms with Gasteiger partial charge in [0.1, 0.15) is 12.7 Å². The molecule has 1 aromatic heterocycles. The maximum Gasteiger partial charge on any atom is 0.408 e. The Kier molecular flexibility index (Phi) is 1.89. The molecule has 0 unspecified atom stereocenters. The standard InChI is InChI=1S/C6H5F3N2/c1-5-2-10-11(3-5)4-6(7,8)9/h4H2,1H3. The van der Waals surface area contributed by atoms with Gasteiger partial charge in [0.05, 0.1) is 6.20 Å². The summed E-state index contributed by atoms with van der Waals surface area (Å²) in [4.78, 5) is 0. The molecule has 0 amide bonds. The second kappa shape index (κ2) is 2.56. The van der Waals surface area contributed by atoms with Gasteiger partial charge < -0.3 is 0 Å². The number of hydrogen-bond acceptors (Lipinski definition) is 1. The summed E-state index contributed by atoms with van der Waals surface area (Å²) in [6.45, 7) is 0.483. The fourth-order valence-corrected chi connectivity index (χ4v) is 0.624. The molecule has 0 aliphatic heterocycles. The van der Waals surface area contributed by atoms with Crippen LogP contribution in [0.1, 0.15) is 5.56 Å². The summed E-state index contributed by atoms with van der Waals surface area (Å²) < 4.78 is 35.7. The van der Waals surface area contributed by atoms with Crippen LogP contribution in [0, 0.1) is 19.3 Å². The quantitative estimate of drug-likeness (QED) is 0.609. The molecule has 11 heavy (non-hydrogen) atoms. The Labute approximate surface area is 61.6 Å². The highest BCUT2D eigenvalue weighted by molar-refractivity contribution is 4.95. The number of aromatic nitrogens is 2. The Morgan fingerprint density at radius 3 is 2.55 bits per heavy atom. The van der Waals surface area contributed by atoms with Gasteiger partial charge in [-0.3, -0.25) is 4.68 Å². The first-order valence-electron chi connectivity index (χ1n) is 2.88. The molecule has 2 nitrogen and oxygen atoms in total. The molecule has 0 aliphatic rings. The molecular formula is C6H5F3N2. The van der Waals surface area contributed by atoms with Crippen molar-refractivity contribution in [3.05, 3.63) is 18.0 Å². The third kappa shape index (κ3) is 2.61. The lowest BCUT2D eigenvalue weighted by atomic mass is 10.4. The second-order valence-corrected chi connectivity index (χ2v) is 2.12. The third-order valence-corrected chi connectivity index (χ3v) is 0.964. The van der Waals surface area contributed by atoms with Gasteiger partial charge in [0.15, 0.2) is 0 Å². The SMILES string of the molecule is Cc1[c]nn(CC(F)(F)F)[c]1. The van der Waals surface area contributed by atoms with Crippen molar-refractivity contribution < 1.29 is 13.2 Å². The first-order valence-corrected chi connectivity index (χ1v) is 2.88. The highest BCUT2D eigenvalue weighted by Crippen LogP contribution is 2.16. The summed E-state index contributed by atoms with van der Waals surface area (Å²) in [5, 5.41) is 3.32. The Hall–Kier alpha value is -1.00. The molecule has 0 fully saturated rings. The van der Waals surface area contributed by atoms with Crippen LogP contribution in [-0.2, 0) is 6.54 Å². The summed E-state index contributed by atoms with van der Waals surface area (Å²) in [5.41, 5.74) is 0.481. The topological polar surface area (TPSA) is 17.8 Å². The number of hydrogen-bond donors (Lipinski definition) is 0. The molecule has 0 spiro atoms. The maximum absolute atomic E-state index is 11.7. The number of alkyl halides is 3. The summed E-state index contributed by atoms with van der Waals surface area (Å²) in [7, 11) is 0. The normalized spacial score (nSPS) is 12.0. The summed E-state index contributed by atoms with van der Waals surface area (Å²) in [6, 6.07) is 0. The minimum atomic E-state index is -4.23. The van der Waals surface area contributed by atoms with Crippen molar-refractivity contribution in [3.63, 3.8) is 0 Å². The predicted molar refractivity (Wildman–Crippen MR) is 30.7 cm³/mol. The highest BCUT2D eigenvalue weighted by atomic mass is 19.4. The maximum atomic E-state index is 11.7. The van der Waals surface area contributed by atoms with E-state index in [1.54, 1.807) is 6.92 Å². The van der Waals surface area contributed by atoms with E-state index in [4.69, 9.17) is 0 Å². The van der Waals surface area contributed by atoms with Crippen molar-refractivity contribution in [3.8, 4) is 0 Å². The predicted octanol–water partition coefficient (Wildman–Crippen LogP) is 1.35. The monoisotopic (exact) mass is 162 g/mol. The van der Waals surface area contributed by atoms with Crippen molar-refractivity contribution in [2.75, 3.05) is 0 Å². The fraction of sp³-hybridized carbons (Fsp3) is 0.500. The number of rotatable bonds is 1. The van der Waals surface area contributed by atoms with E-state index in [9.17, 15) is 13.2 Å². The van der Waals surface area contributed by atoms with Crippen LogP contribution in [0.5, 0.6) is 0 Å². The van der Waals surface area contributed by atoms with Crippen LogP contribution in [0.4, 0.5) is 13.2 Å². The number of nitrogens with zero attached hydrogens (tertiary/aromatic N) is 2. The zero-order valence-corrected chi connectivity index (χ0v) is 5.74. The molecular weight excluding hydrogens is 157 g/mol. The molecule has 1 rings (SSSR count). The molecule has 0 atom stereocenters. The lowest BCUT2D eigenvalue weighted by Gasteiger charge is -2.04. The lowest BCUT2D eigenvalue weighted by Crippen LogP contribution is -2.17. The molecule has 60 valence electrons. The van der Waals surface area contributed by atoms with Crippen LogP contribution in [0.15, 0.2) is 0 Å². The summed E-state index contributed by atoms with van der Waals surface area (Å²) in [5.74, 6) is 0. The zero-order valence-electron chi connectivity index (χ0n) is 5.74. The van der Waals surface area contributed by atoms with Crippen molar-refractivity contribution in [1.82, 2.24) is 9.78 Å². The molecule has 0 aliphatic carbocycles. The third-order valence-electron chi connectivity index (χ3n) is 0.964. The minimum Gasteiger partial charge on any atom is -0.253 e. The van der Waals surface area contributed by atoms with Crippen LogP contribution < -0.4 is 0 Å². The van der Waals surface area contributed by atoms with Gasteiger partial charge in [-0.05, 0) is 6.92 Å². The number of halogens is 3. The van der Waals surface area contributed by atoms with Gasteiger partial charge in [-0.15, -0.1) is 0 Å².